The minimum Gasteiger partial charge on any atom is -0.490 e. The number of hydrogen-bond acceptors (Lipinski definition) is 6. The summed E-state index contributed by atoms with van der Waals surface area (Å²) in [5.74, 6) is -2.66. The van der Waals surface area contributed by atoms with E-state index >= 15 is 0 Å². The number of rotatable bonds is 9. The molecule has 0 fully saturated rings. The zero-order chi connectivity index (χ0) is 27.6. The van der Waals surface area contributed by atoms with Crippen LogP contribution < -0.4 is 25.7 Å². The van der Waals surface area contributed by atoms with E-state index < -0.39 is 45.6 Å². The minimum atomic E-state index is -4.95. The van der Waals surface area contributed by atoms with Crippen LogP contribution >= 0.6 is 11.6 Å². The molecule has 3 rings (SSSR count). The number of ether oxygens (including phenoxy) is 2. The van der Waals surface area contributed by atoms with Crippen LogP contribution in [0, 0.1) is 5.82 Å². The summed E-state index contributed by atoms with van der Waals surface area (Å²) in [5.41, 5.74) is -2.40. The topological polar surface area (TPSA) is 105 Å². The first-order valence-electron chi connectivity index (χ1n) is 11.1. The van der Waals surface area contributed by atoms with Crippen molar-refractivity contribution in [2.45, 2.75) is 26.4 Å². The monoisotopic (exact) mass is 544 g/mol. The first-order chi connectivity index (χ1) is 17.6. The first kappa shape index (κ1) is 29.6. The number of hydrogen-bond donors (Lipinski definition) is 3. The highest BCUT2D eigenvalue weighted by Gasteiger charge is 2.37. The minimum absolute atomic E-state index is 0.0658. The molecular weight excluding hydrogens is 520 g/mol. The van der Waals surface area contributed by atoms with Gasteiger partial charge in [-0.3, -0.25) is 9.59 Å². The van der Waals surface area contributed by atoms with E-state index in [0.29, 0.717) is 13.0 Å². The Bertz CT molecular complexity index is 1270. The van der Waals surface area contributed by atoms with Crippen molar-refractivity contribution >= 4 is 23.2 Å². The lowest BCUT2D eigenvalue weighted by molar-refractivity contribution is -0.141. The van der Waals surface area contributed by atoms with Crippen molar-refractivity contribution in [3.63, 3.8) is 0 Å². The number of anilines is 1. The molecule has 2 aromatic heterocycles. The van der Waals surface area contributed by atoms with Crippen LogP contribution in [0.25, 0.3) is 0 Å². The molecule has 1 aromatic carbocycles. The van der Waals surface area contributed by atoms with Crippen molar-refractivity contribution < 1.29 is 31.8 Å². The number of aromatic amines is 1. The molecular formula is C24H25ClF4N4O4. The highest BCUT2D eigenvalue weighted by atomic mass is 35.5. The van der Waals surface area contributed by atoms with Crippen molar-refractivity contribution in [2.24, 2.45) is 0 Å². The van der Waals surface area contributed by atoms with Crippen LogP contribution in [0.2, 0.25) is 5.02 Å². The van der Waals surface area contributed by atoms with Crippen LogP contribution in [0.4, 0.5) is 23.2 Å². The van der Waals surface area contributed by atoms with Crippen molar-refractivity contribution in [1.82, 2.24) is 15.3 Å². The Morgan fingerprint density at radius 1 is 1.14 bits per heavy atom. The largest absolute Gasteiger partial charge is 0.490 e. The highest BCUT2D eigenvalue weighted by molar-refractivity contribution is 6.31. The third kappa shape index (κ3) is 8.46. The van der Waals surface area contributed by atoms with Crippen LogP contribution in [-0.2, 0) is 6.18 Å². The molecule has 0 unspecified atom stereocenters. The van der Waals surface area contributed by atoms with Crippen molar-refractivity contribution in [3.8, 4) is 17.4 Å². The number of amides is 1. The van der Waals surface area contributed by atoms with E-state index in [1.807, 2.05) is 13.8 Å². The zero-order valence-electron chi connectivity index (χ0n) is 20.1. The van der Waals surface area contributed by atoms with Gasteiger partial charge in [0.15, 0.2) is 17.2 Å². The Hall–Kier alpha value is -3.64. The number of aromatic nitrogens is 2. The second kappa shape index (κ2) is 13.6. The molecule has 0 aliphatic rings. The van der Waals surface area contributed by atoms with Gasteiger partial charge in [0.05, 0.1) is 11.6 Å². The van der Waals surface area contributed by atoms with Crippen molar-refractivity contribution in [1.29, 1.82) is 0 Å². The summed E-state index contributed by atoms with van der Waals surface area (Å²) in [6.45, 7) is 4.75. The maximum absolute atomic E-state index is 13.8. The van der Waals surface area contributed by atoms with Gasteiger partial charge in [0.2, 0.25) is 11.4 Å². The normalized spacial score (nSPS) is 10.8. The van der Waals surface area contributed by atoms with Crippen LogP contribution in [0.15, 0.2) is 47.4 Å². The Morgan fingerprint density at radius 2 is 1.86 bits per heavy atom. The second-order valence-electron chi connectivity index (χ2n) is 7.06. The van der Waals surface area contributed by atoms with Crippen molar-refractivity contribution in [2.75, 3.05) is 25.5 Å². The fourth-order valence-electron chi connectivity index (χ4n) is 2.85. The summed E-state index contributed by atoms with van der Waals surface area (Å²) < 4.78 is 65.1. The van der Waals surface area contributed by atoms with Gasteiger partial charge in [-0.25, -0.2) is 9.37 Å². The SMILES string of the molecule is CC.CNCCCOc1cc(F)ccc1Oc1nc(C(F)(F)F)c(Cl)cc1C(=O)Nc1cc[nH]c(=O)c1. The third-order valence-electron chi connectivity index (χ3n) is 4.43. The van der Waals surface area contributed by atoms with Gasteiger partial charge in [0, 0.05) is 24.0 Å². The van der Waals surface area contributed by atoms with E-state index in [1.54, 1.807) is 7.05 Å². The van der Waals surface area contributed by atoms with Gasteiger partial charge in [-0.2, -0.15) is 13.2 Å². The average Bonchev–Trinajstić information content (AvgIpc) is 2.84. The number of H-pyrrole nitrogens is 1. The van der Waals surface area contributed by atoms with Crippen molar-refractivity contribution in [3.05, 3.63) is 75.0 Å². The average molecular weight is 545 g/mol. The maximum Gasteiger partial charge on any atom is 0.434 e. The Kier molecular flexibility index (Phi) is 10.9. The molecule has 0 aliphatic heterocycles. The van der Waals surface area contributed by atoms with Gasteiger partial charge in [-0.05, 0) is 44.3 Å². The van der Waals surface area contributed by atoms with E-state index in [0.717, 1.165) is 30.3 Å². The fraction of sp³-hybridized carbons (Fsp3) is 0.292. The lowest BCUT2D eigenvalue weighted by Gasteiger charge is -2.17. The smallest absolute Gasteiger partial charge is 0.434 e. The molecule has 0 radical (unpaired) electrons. The Labute approximate surface area is 215 Å². The van der Waals surface area contributed by atoms with E-state index in [9.17, 15) is 27.2 Å². The fourth-order valence-corrected chi connectivity index (χ4v) is 3.10. The van der Waals surface area contributed by atoms with Crippen LogP contribution in [-0.4, -0.2) is 36.1 Å². The van der Waals surface area contributed by atoms with E-state index in [4.69, 9.17) is 21.1 Å². The van der Waals surface area contributed by atoms with E-state index in [2.05, 4.69) is 20.6 Å². The Morgan fingerprint density at radius 3 is 2.51 bits per heavy atom. The molecule has 0 bridgehead atoms. The van der Waals surface area contributed by atoms with Gasteiger partial charge >= 0.3 is 6.18 Å². The molecule has 8 nitrogen and oxygen atoms in total. The molecule has 3 aromatic rings. The molecule has 200 valence electrons. The van der Waals surface area contributed by atoms with Gasteiger partial charge < -0.3 is 25.1 Å². The van der Waals surface area contributed by atoms with E-state index in [-0.39, 0.29) is 23.8 Å². The number of nitrogens with zero attached hydrogens (tertiary/aromatic N) is 1. The van der Waals surface area contributed by atoms with Crippen LogP contribution in [0.3, 0.4) is 0 Å². The van der Waals surface area contributed by atoms with Gasteiger partial charge in [-0.15, -0.1) is 0 Å². The molecule has 3 N–H and O–H groups in total. The van der Waals surface area contributed by atoms with Crippen LogP contribution in [0.1, 0.15) is 36.3 Å². The predicted molar refractivity (Wildman–Crippen MR) is 131 cm³/mol. The molecule has 0 spiro atoms. The van der Waals surface area contributed by atoms with E-state index in [1.165, 1.54) is 12.3 Å². The predicted octanol–water partition coefficient (Wildman–Crippen LogP) is 5.64. The molecule has 0 saturated heterocycles. The summed E-state index contributed by atoms with van der Waals surface area (Å²) in [7, 11) is 1.74. The maximum atomic E-state index is 13.8. The van der Waals surface area contributed by atoms with Crippen LogP contribution in [0.5, 0.6) is 17.4 Å². The number of nitrogens with one attached hydrogen (secondary N) is 3. The molecule has 2 heterocycles. The molecule has 1 amide bonds. The summed E-state index contributed by atoms with van der Waals surface area (Å²) in [4.78, 5) is 30.1. The standard InChI is InChI=1S/C22H19ClF4N4O4.C2H6/c1-28-6-2-8-34-17-9-12(24)3-4-16(17)35-21-14(11-15(23)19(31-21)22(25,26)27)20(33)30-13-5-7-29-18(32)10-13;1-2/h3-5,7,9-11,28H,2,6,8H2,1H3,(H2,29,30,32,33);1-2H3. The molecule has 0 atom stereocenters. The number of halogens is 5. The quantitative estimate of drug-likeness (QED) is 0.238. The lowest BCUT2D eigenvalue weighted by Crippen LogP contribution is -2.18. The third-order valence-corrected chi connectivity index (χ3v) is 4.72. The number of carbonyl (C=O) groups excluding carboxylic acids is 1. The Balaban J connectivity index is 0.00000235. The molecule has 0 aliphatic carbocycles. The summed E-state index contributed by atoms with van der Waals surface area (Å²) >= 11 is 5.76. The second-order valence-corrected chi connectivity index (χ2v) is 7.47. The number of pyridine rings is 2. The summed E-state index contributed by atoms with van der Waals surface area (Å²) in [6.07, 6.45) is -3.14. The molecule has 37 heavy (non-hydrogen) atoms. The summed E-state index contributed by atoms with van der Waals surface area (Å²) in [5, 5.41) is 4.43. The van der Waals surface area contributed by atoms with Gasteiger partial charge in [0.1, 0.15) is 11.4 Å². The number of benzene rings is 1. The molecule has 13 heteroatoms. The lowest BCUT2D eigenvalue weighted by atomic mass is 10.2. The molecule has 0 saturated carbocycles. The first-order valence-corrected chi connectivity index (χ1v) is 11.5. The number of carbonyl (C=O) groups is 1. The van der Waals surface area contributed by atoms with Gasteiger partial charge in [-0.1, -0.05) is 25.4 Å². The number of alkyl halides is 3. The summed E-state index contributed by atoms with van der Waals surface area (Å²) in [6, 6.07) is 6.29. The highest BCUT2D eigenvalue weighted by Crippen LogP contribution is 2.39. The van der Waals surface area contributed by atoms with Gasteiger partial charge in [0.25, 0.3) is 5.91 Å². The zero-order valence-corrected chi connectivity index (χ0v) is 20.9.